The van der Waals surface area contributed by atoms with E-state index in [1.807, 2.05) is 105 Å². The highest BCUT2D eigenvalue weighted by Crippen LogP contribution is 2.38. The number of amides is 2. The van der Waals surface area contributed by atoms with Crippen molar-refractivity contribution in [2.75, 3.05) is 17.7 Å². The summed E-state index contributed by atoms with van der Waals surface area (Å²) in [5.74, 6) is 0.548. The summed E-state index contributed by atoms with van der Waals surface area (Å²) in [6, 6.07) is 24.9. The SMILES string of the molecule is COc1ccccc1-c1csc(NC(=O)C(Sc2ccc(NC(=O)CC(C)(C)C)cc2)c2ccccc2)n1. The highest BCUT2D eigenvalue weighted by molar-refractivity contribution is 8.00. The van der Waals surface area contributed by atoms with Crippen LogP contribution < -0.4 is 15.4 Å². The van der Waals surface area contributed by atoms with Crippen LogP contribution in [0.5, 0.6) is 5.75 Å². The number of para-hydroxylation sites is 1. The average Bonchev–Trinajstić information content (AvgIpc) is 3.35. The number of methoxy groups -OCH3 is 1. The van der Waals surface area contributed by atoms with Gasteiger partial charge in [-0.2, -0.15) is 0 Å². The Kier molecular flexibility index (Phi) is 8.86. The number of rotatable bonds is 9. The van der Waals surface area contributed by atoms with E-state index in [0.29, 0.717) is 11.6 Å². The van der Waals surface area contributed by atoms with E-state index in [4.69, 9.17) is 4.74 Å². The molecule has 0 saturated carbocycles. The largest absolute Gasteiger partial charge is 0.496 e. The maximum absolute atomic E-state index is 13.5. The lowest BCUT2D eigenvalue weighted by molar-refractivity contribution is -0.118. The second-order valence-corrected chi connectivity index (χ2v) is 12.0. The molecule has 1 unspecified atom stereocenters. The smallest absolute Gasteiger partial charge is 0.244 e. The molecule has 196 valence electrons. The fraction of sp³-hybridized carbons (Fsp3) is 0.233. The van der Waals surface area contributed by atoms with Gasteiger partial charge in [0.15, 0.2) is 5.13 Å². The minimum atomic E-state index is -0.490. The summed E-state index contributed by atoms with van der Waals surface area (Å²) in [6.07, 6.45) is 0.440. The van der Waals surface area contributed by atoms with Gasteiger partial charge in [-0.3, -0.25) is 9.59 Å². The van der Waals surface area contributed by atoms with Crippen LogP contribution >= 0.6 is 23.1 Å². The molecule has 0 aliphatic rings. The molecule has 0 aliphatic heterocycles. The van der Waals surface area contributed by atoms with Gasteiger partial charge in [0.25, 0.3) is 0 Å². The Morgan fingerprint density at radius 2 is 1.63 bits per heavy atom. The van der Waals surface area contributed by atoms with Crippen LogP contribution in [0.25, 0.3) is 11.3 Å². The Balaban J connectivity index is 1.49. The highest BCUT2D eigenvalue weighted by Gasteiger charge is 2.24. The zero-order chi connectivity index (χ0) is 27.1. The second kappa shape index (κ2) is 12.3. The van der Waals surface area contributed by atoms with E-state index in [1.54, 1.807) is 7.11 Å². The van der Waals surface area contributed by atoms with E-state index in [2.05, 4.69) is 15.6 Å². The van der Waals surface area contributed by atoms with Crippen molar-refractivity contribution < 1.29 is 14.3 Å². The standard InChI is InChI=1S/C30H31N3O3S2/c1-30(2,3)18-26(34)31-21-14-16-22(17-15-21)38-27(20-10-6-5-7-11-20)28(35)33-29-32-24(19-37-29)23-12-8-9-13-25(23)36-4/h5-17,19,27H,18H2,1-4H3,(H,31,34)(H,32,33,35). The molecule has 0 saturated heterocycles. The molecule has 3 aromatic carbocycles. The summed E-state index contributed by atoms with van der Waals surface area (Å²) in [7, 11) is 1.63. The Morgan fingerprint density at radius 1 is 0.947 bits per heavy atom. The number of aromatic nitrogens is 1. The van der Waals surface area contributed by atoms with Gasteiger partial charge in [-0.1, -0.05) is 63.2 Å². The lowest BCUT2D eigenvalue weighted by atomic mass is 9.92. The van der Waals surface area contributed by atoms with Crippen LogP contribution in [0.2, 0.25) is 0 Å². The van der Waals surface area contributed by atoms with Crippen LogP contribution in [0.4, 0.5) is 10.8 Å². The predicted octanol–water partition coefficient (Wildman–Crippen LogP) is 7.67. The average molecular weight is 546 g/mol. The Hall–Kier alpha value is -3.62. The fourth-order valence-electron chi connectivity index (χ4n) is 3.82. The maximum atomic E-state index is 13.5. The van der Waals surface area contributed by atoms with Crippen molar-refractivity contribution in [2.24, 2.45) is 5.41 Å². The first-order valence-electron chi connectivity index (χ1n) is 12.2. The molecule has 0 spiro atoms. The number of anilines is 2. The number of thiazole rings is 1. The van der Waals surface area contributed by atoms with Gasteiger partial charge < -0.3 is 15.4 Å². The van der Waals surface area contributed by atoms with E-state index in [0.717, 1.165) is 33.2 Å². The number of ether oxygens (including phenoxy) is 1. The molecular weight excluding hydrogens is 514 g/mol. The van der Waals surface area contributed by atoms with Gasteiger partial charge in [-0.05, 0) is 47.4 Å². The lowest BCUT2D eigenvalue weighted by Crippen LogP contribution is -2.19. The van der Waals surface area contributed by atoms with E-state index in [1.165, 1.54) is 23.1 Å². The van der Waals surface area contributed by atoms with Gasteiger partial charge in [0.2, 0.25) is 11.8 Å². The van der Waals surface area contributed by atoms with Crippen LogP contribution in [0, 0.1) is 5.41 Å². The van der Waals surface area contributed by atoms with Gasteiger partial charge in [0.1, 0.15) is 11.0 Å². The van der Waals surface area contributed by atoms with Crippen LogP contribution in [-0.2, 0) is 9.59 Å². The number of carbonyl (C=O) groups excluding carboxylic acids is 2. The number of hydrogen-bond donors (Lipinski definition) is 2. The Morgan fingerprint density at radius 3 is 2.32 bits per heavy atom. The predicted molar refractivity (Wildman–Crippen MR) is 157 cm³/mol. The molecule has 4 aromatic rings. The van der Waals surface area contributed by atoms with Gasteiger partial charge >= 0.3 is 0 Å². The molecule has 2 amide bonds. The minimum absolute atomic E-state index is 0.0182. The van der Waals surface area contributed by atoms with Crippen molar-refractivity contribution in [2.45, 2.75) is 37.3 Å². The Bertz CT molecular complexity index is 1380. The lowest BCUT2D eigenvalue weighted by Gasteiger charge is -2.18. The fourth-order valence-corrected chi connectivity index (χ4v) is 5.56. The van der Waals surface area contributed by atoms with Crippen LogP contribution in [0.1, 0.15) is 38.0 Å². The third kappa shape index (κ3) is 7.46. The first-order valence-corrected chi connectivity index (χ1v) is 14.0. The maximum Gasteiger partial charge on any atom is 0.244 e. The summed E-state index contributed by atoms with van der Waals surface area (Å²) in [4.78, 5) is 31.3. The summed E-state index contributed by atoms with van der Waals surface area (Å²) in [5, 5.41) is 7.88. The molecule has 6 nitrogen and oxygen atoms in total. The van der Waals surface area contributed by atoms with Crippen LogP contribution in [0.3, 0.4) is 0 Å². The van der Waals surface area contributed by atoms with Gasteiger partial charge in [-0.15, -0.1) is 23.1 Å². The van der Waals surface area contributed by atoms with Gasteiger partial charge in [0, 0.05) is 27.9 Å². The zero-order valence-electron chi connectivity index (χ0n) is 21.9. The zero-order valence-corrected chi connectivity index (χ0v) is 23.5. The number of benzene rings is 3. The summed E-state index contributed by atoms with van der Waals surface area (Å²) in [6.45, 7) is 6.10. The topological polar surface area (TPSA) is 80.3 Å². The van der Waals surface area contributed by atoms with Gasteiger partial charge in [-0.25, -0.2) is 4.98 Å². The molecule has 0 aliphatic carbocycles. The number of nitrogens with zero attached hydrogens (tertiary/aromatic N) is 1. The van der Waals surface area contributed by atoms with E-state index < -0.39 is 5.25 Å². The van der Waals surface area contributed by atoms with Crippen molar-refractivity contribution in [1.82, 2.24) is 4.98 Å². The van der Waals surface area contributed by atoms with E-state index >= 15 is 0 Å². The Labute approximate surface area is 231 Å². The van der Waals surface area contributed by atoms with E-state index in [-0.39, 0.29) is 17.2 Å². The highest BCUT2D eigenvalue weighted by atomic mass is 32.2. The molecule has 0 fully saturated rings. The number of carbonyl (C=O) groups is 2. The molecule has 4 rings (SSSR count). The molecule has 0 radical (unpaired) electrons. The number of hydrogen-bond acceptors (Lipinski definition) is 6. The molecule has 8 heteroatoms. The third-order valence-corrected chi connectivity index (χ3v) is 7.56. The first-order chi connectivity index (χ1) is 18.2. The van der Waals surface area contributed by atoms with Crippen molar-refractivity contribution in [3.63, 3.8) is 0 Å². The van der Waals surface area contributed by atoms with E-state index in [9.17, 15) is 9.59 Å². The van der Waals surface area contributed by atoms with Crippen molar-refractivity contribution >= 4 is 45.7 Å². The molecule has 38 heavy (non-hydrogen) atoms. The molecule has 2 N–H and O–H groups in total. The number of thioether (sulfide) groups is 1. The van der Waals surface area contributed by atoms with Crippen LogP contribution in [0.15, 0.2) is 89.1 Å². The third-order valence-electron chi connectivity index (χ3n) is 5.54. The number of nitrogens with one attached hydrogen (secondary N) is 2. The van der Waals surface area contributed by atoms with Crippen molar-refractivity contribution in [3.8, 4) is 17.0 Å². The quantitative estimate of drug-likeness (QED) is 0.211. The van der Waals surface area contributed by atoms with Crippen LogP contribution in [-0.4, -0.2) is 23.9 Å². The normalized spacial score (nSPS) is 12.0. The first kappa shape index (κ1) is 27.4. The monoisotopic (exact) mass is 545 g/mol. The molecule has 0 bridgehead atoms. The van der Waals surface area contributed by atoms with Gasteiger partial charge in [0.05, 0.1) is 12.8 Å². The minimum Gasteiger partial charge on any atom is -0.496 e. The summed E-state index contributed by atoms with van der Waals surface area (Å²) in [5.41, 5.74) is 3.16. The summed E-state index contributed by atoms with van der Waals surface area (Å²) >= 11 is 2.82. The molecular formula is C30H31N3O3S2. The molecule has 1 atom stereocenters. The molecule has 1 heterocycles. The molecule has 1 aromatic heterocycles. The summed E-state index contributed by atoms with van der Waals surface area (Å²) < 4.78 is 5.45. The van der Waals surface area contributed by atoms with Crippen molar-refractivity contribution in [3.05, 3.63) is 89.8 Å². The second-order valence-electron chi connectivity index (χ2n) is 9.95. The van der Waals surface area contributed by atoms with Crippen molar-refractivity contribution in [1.29, 1.82) is 0 Å².